The van der Waals surface area contributed by atoms with E-state index in [0.717, 1.165) is 6.54 Å². The number of nitrogens with one attached hydrogen (secondary N) is 1. The van der Waals surface area contributed by atoms with Crippen LogP contribution in [0.3, 0.4) is 0 Å². The number of hydrogen-bond donors (Lipinski definition) is 1. The van der Waals surface area contributed by atoms with Crippen molar-refractivity contribution in [1.29, 1.82) is 0 Å². The van der Waals surface area contributed by atoms with Crippen LogP contribution in [0.4, 0.5) is 0 Å². The Kier molecular flexibility index (Phi) is 4.11. The second-order valence-corrected chi connectivity index (χ2v) is 3.65. The van der Waals surface area contributed by atoms with E-state index in [1.165, 1.54) is 0 Å². The molecule has 0 aliphatic rings. The summed E-state index contributed by atoms with van der Waals surface area (Å²) < 4.78 is 0. The van der Waals surface area contributed by atoms with Crippen molar-refractivity contribution in [2.75, 3.05) is 6.54 Å². The molecule has 0 saturated carbocycles. The van der Waals surface area contributed by atoms with Crippen molar-refractivity contribution in [2.24, 2.45) is 0 Å². The maximum atomic E-state index is 9.98. The molecule has 0 heterocycles. The van der Waals surface area contributed by atoms with E-state index in [2.05, 4.69) is 5.32 Å². The largest absolute Gasteiger partial charge is 0.355 e. The van der Waals surface area contributed by atoms with Crippen LogP contribution >= 0.6 is 0 Å². The van der Waals surface area contributed by atoms with Crippen molar-refractivity contribution in [3.63, 3.8) is 0 Å². The molecular weight excluding hydrogens is 142 g/mol. The van der Waals surface area contributed by atoms with Gasteiger partial charge in [0, 0.05) is 5.54 Å². The summed E-state index contributed by atoms with van der Waals surface area (Å²) in [5, 5.41) is 13.2. The molecule has 0 aromatic rings. The van der Waals surface area contributed by atoms with Gasteiger partial charge in [-0.3, -0.25) is 0 Å². The minimum Gasteiger partial charge on any atom is -0.312 e. The third-order valence-corrected chi connectivity index (χ3v) is 1.21. The molecule has 0 spiro atoms. The highest BCUT2D eigenvalue weighted by Gasteiger charge is 2.07. The maximum Gasteiger partial charge on any atom is 0.355 e. The Morgan fingerprint density at radius 2 is 1.91 bits per heavy atom. The molecule has 0 atom stereocenters. The summed E-state index contributed by atoms with van der Waals surface area (Å²) >= 11 is 0. The Hall–Kier alpha value is -0.570. The molecule has 0 bridgehead atoms. The first-order valence-electron chi connectivity index (χ1n) is 3.87. The lowest BCUT2D eigenvalue weighted by Crippen LogP contribution is -2.36. The molecule has 1 N–H and O–H groups in total. The quantitative estimate of drug-likeness (QED) is 0.623. The summed E-state index contributed by atoms with van der Waals surface area (Å²) in [7, 11) is 0. The molecule has 0 unspecified atom stereocenters. The van der Waals surface area contributed by atoms with Crippen LogP contribution in [-0.2, 0) is 9.90 Å². The zero-order valence-electron chi connectivity index (χ0n) is 7.44. The molecule has 65 valence electrons. The molecule has 0 saturated heterocycles. The highest BCUT2D eigenvalue weighted by molar-refractivity contribution is 5.66. The van der Waals surface area contributed by atoms with Crippen LogP contribution in [0.15, 0.2) is 0 Å². The molecule has 3 heteroatoms. The Morgan fingerprint density at radius 1 is 1.36 bits per heavy atom. The van der Waals surface area contributed by atoms with Gasteiger partial charge in [0.05, 0.1) is 6.42 Å². The average molecular weight is 158 g/mol. The normalized spacial score (nSPS) is 11.5. The van der Waals surface area contributed by atoms with Gasteiger partial charge in [0.15, 0.2) is 0 Å². The third-order valence-electron chi connectivity index (χ3n) is 1.21. The lowest BCUT2D eigenvalue weighted by molar-refractivity contribution is -0.143. The lowest BCUT2D eigenvalue weighted by Gasteiger charge is -2.19. The van der Waals surface area contributed by atoms with E-state index in [1.807, 2.05) is 20.8 Å². The molecule has 0 fully saturated rings. The zero-order valence-corrected chi connectivity index (χ0v) is 7.44. The molecule has 0 aromatic carbocycles. The second-order valence-electron chi connectivity index (χ2n) is 3.65. The van der Waals surface area contributed by atoms with Crippen LogP contribution in [0.25, 0.3) is 0 Å². The molecule has 1 radical (unpaired) electrons. The summed E-state index contributed by atoms with van der Waals surface area (Å²) in [4.78, 5) is 9.98. The predicted octanol–water partition coefficient (Wildman–Crippen LogP) is 1.11. The SMILES string of the molecule is CC(C)(C)NCCCC([O])=O. The molecule has 0 aliphatic carbocycles. The molecule has 3 nitrogen and oxygen atoms in total. The van der Waals surface area contributed by atoms with E-state index >= 15 is 0 Å². The first-order chi connectivity index (χ1) is 4.92. The van der Waals surface area contributed by atoms with Gasteiger partial charge in [0.1, 0.15) is 0 Å². The molecule has 0 aromatic heterocycles. The van der Waals surface area contributed by atoms with Gasteiger partial charge in [-0.25, -0.2) is 9.90 Å². The first-order valence-corrected chi connectivity index (χ1v) is 3.87. The van der Waals surface area contributed by atoms with E-state index in [0.29, 0.717) is 6.42 Å². The number of carbonyl (C=O) groups excluding carboxylic acids is 1. The highest BCUT2D eigenvalue weighted by Crippen LogP contribution is 1.98. The van der Waals surface area contributed by atoms with Gasteiger partial charge in [-0.2, -0.15) is 0 Å². The van der Waals surface area contributed by atoms with E-state index in [4.69, 9.17) is 0 Å². The summed E-state index contributed by atoms with van der Waals surface area (Å²) in [6.45, 7) is 6.88. The van der Waals surface area contributed by atoms with Crippen molar-refractivity contribution in [1.82, 2.24) is 5.32 Å². The number of rotatable bonds is 4. The van der Waals surface area contributed by atoms with Gasteiger partial charge in [0.2, 0.25) is 0 Å². The third kappa shape index (κ3) is 9.43. The van der Waals surface area contributed by atoms with Crippen LogP contribution in [0.1, 0.15) is 33.6 Å². The molecule has 0 aliphatic heterocycles. The molecular formula is C8H16NO2. The minimum atomic E-state index is -0.972. The second kappa shape index (κ2) is 4.34. The van der Waals surface area contributed by atoms with E-state index < -0.39 is 5.97 Å². The molecule has 11 heavy (non-hydrogen) atoms. The van der Waals surface area contributed by atoms with E-state index in [1.54, 1.807) is 0 Å². The number of carbonyl (C=O) groups is 1. The Balaban J connectivity index is 3.22. The Labute approximate surface area is 67.8 Å². The van der Waals surface area contributed by atoms with E-state index in [-0.39, 0.29) is 12.0 Å². The minimum absolute atomic E-state index is 0.0753. The Bertz CT molecular complexity index is 127. The van der Waals surface area contributed by atoms with Gasteiger partial charge in [-0.05, 0) is 33.7 Å². The van der Waals surface area contributed by atoms with Gasteiger partial charge in [-0.1, -0.05) is 0 Å². The summed E-state index contributed by atoms with van der Waals surface area (Å²) in [6.07, 6.45) is 0.780. The van der Waals surface area contributed by atoms with Crippen molar-refractivity contribution < 1.29 is 9.90 Å². The fourth-order valence-corrected chi connectivity index (χ4v) is 0.696. The van der Waals surface area contributed by atoms with Crippen LogP contribution in [0, 0.1) is 0 Å². The molecule has 0 rings (SSSR count). The zero-order chi connectivity index (χ0) is 8.91. The smallest absolute Gasteiger partial charge is 0.312 e. The average Bonchev–Trinajstić information content (AvgIpc) is 1.78. The fourth-order valence-electron chi connectivity index (χ4n) is 0.696. The van der Waals surface area contributed by atoms with Gasteiger partial charge in [0.25, 0.3) is 0 Å². The monoisotopic (exact) mass is 158 g/mol. The first kappa shape index (κ1) is 10.4. The topological polar surface area (TPSA) is 49.0 Å². The lowest BCUT2D eigenvalue weighted by atomic mass is 10.1. The van der Waals surface area contributed by atoms with Crippen molar-refractivity contribution >= 4 is 5.97 Å². The van der Waals surface area contributed by atoms with Crippen LogP contribution < -0.4 is 5.32 Å². The van der Waals surface area contributed by atoms with Gasteiger partial charge in [-0.15, -0.1) is 0 Å². The number of hydrogen-bond acceptors (Lipinski definition) is 2. The van der Waals surface area contributed by atoms with Crippen LogP contribution in [-0.4, -0.2) is 18.1 Å². The maximum absolute atomic E-state index is 9.98. The standard InChI is InChI=1S/C8H16NO2/c1-8(2,3)9-6-4-5-7(10)11/h9H,4-6H2,1-3H3. The molecule has 0 amide bonds. The Morgan fingerprint density at radius 3 is 2.27 bits per heavy atom. The van der Waals surface area contributed by atoms with Gasteiger partial charge < -0.3 is 5.32 Å². The van der Waals surface area contributed by atoms with Crippen molar-refractivity contribution in [3.05, 3.63) is 0 Å². The summed E-state index contributed by atoms with van der Waals surface area (Å²) in [6, 6.07) is 0. The fraction of sp³-hybridized carbons (Fsp3) is 0.875. The summed E-state index contributed by atoms with van der Waals surface area (Å²) in [5.74, 6) is -0.972. The van der Waals surface area contributed by atoms with Crippen LogP contribution in [0.2, 0.25) is 0 Å². The summed E-state index contributed by atoms with van der Waals surface area (Å²) in [5.41, 5.74) is 0.0753. The van der Waals surface area contributed by atoms with Crippen LogP contribution in [0.5, 0.6) is 0 Å². The predicted molar refractivity (Wildman–Crippen MR) is 42.7 cm³/mol. The van der Waals surface area contributed by atoms with Gasteiger partial charge >= 0.3 is 5.97 Å². The highest BCUT2D eigenvalue weighted by atomic mass is 16.4. The van der Waals surface area contributed by atoms with Crippen molar-refractivity contribution in [2.45, 2.75) is 39.2 Å². The van der Waals surface area contributed by atoms with Crippen molar-refractivity contribution in [3.8, 4) is 0 Å². The van der Waals surface area contributed by atoms with E-state index in [9.17, 15) is 9.90 Å².